The first-order valence-corrected chi connectivity index (χ1v) is 5.09. The van der Waals surface area contributed by atoms with Crippen LogP contribution in [-0.2, 0) is 0 Å². The zero-order valence-electron chi connectivity index (χ0n) is 8.48. The molecule has 0 radical (unpaired) electrons. The van der Waals surface area contributed by atoms with E-state index >= 15 is 0 Å². The van der Waals surface area contributed by atoms with Crippen molar-refractivity contribution < 1.29 is 0 Å². The number of unbranched alkanes of at least 4 members (excludes halogenated alkanes) is 1. The Balaban J connectivity index is 2.28. The van der Waals surface area contributed by atoms with E-state index in [1.54, 1.807) is 0 Å². The van der Waals surface area contributed by atoms with Crippen LogP contribution in [0.4, 0.5) is 0 Å². The summed E-state index contributed by atoms with van der Waals surface area (Å²) >= 11 is 0. The van der Waals surface area contributed by atoms with Crippen molar-refractivity contribution in [3.05, 3.63) is 0 Å². The minimum absolute atomic E-state index is 0.648. The van der Waals surface area contributed by atoms with Gasteiger partial charge >= 0.3 is 0 Å². The molecule has 0 N–H and O–H groups in total. The second-order valence-corrected chi connectivity index (χ2v) is 4.80. The van der Waals surface area contributed by atoms with Crippen LogP contribution in [0.2, 0.25) is 0 Å². The second-order valence-electron chi connectivity index (χ2n) is 4.80. The second kappa shape index (κ2) is 3.16. The Morgan fingerprint density at radius 3 is 2.36 bits per heavy atom. The molecule has 1 aliphatic carbocycles. The number of hydrogen-bond donors (Lipinski definition) is 0. The van der Waals surface area contributed by atoms with Crippen LogP contribution in [-0.4, -0.2) is 0 Å². The quantitative estimate of drug-likeness (QED) is 0.579. The molecule has 0 spiro atoms. The van der Waals surface area contributed by atoms with Gasteiger partial charge in [0.05, 0.1) is 0 Å². The van der Waals surface area contributed by atoms with Crippen molar-refractivity contribution in [1.29, 1.82) is 0 Å². The lowest BCUT2D eigenvalue weighted by Gasteiger charge is -2.51. The highest BCUT2D eigenvalue weighted by atomic mass is 14.5. The largest absolute Gasteiger partial charge is 0.0654 e. The molecule has 66 valence electrons. The summed E-state index contributed by atoms with van der Waals surface area (Å²) in [6.07, 6.45) is 5.74. The first-order chi connectivity index (χ1) is 5.09. The Labute approximate surface area is 71.4 Å². The van der Waals surface area contributed by atoms with Gasteiger partial charge in [0.25, 0.3) is 0 Å². The monoisotopic (exact) mass is 154 g/mol. The summed E-state index contributed by atoms with van der Waals surface area (Å²) in [5.41, 5.74) is 0.648. The summed E-state index contributed by atoms with van der Waals surface area (Å²) < 4.78 is 0. The third-order valence-electron chi connectivity index (χ3n) is 3.87. The summed E-state index contributed by atoms with van der Waals surface area (Å²) in [5.74, 6) is 1.99. The fraction of sp³-hybridized carbons (Fsp3) is 1.00. The molecule has 0 aliphatic heterocycles. The molecule has 0 amide bonds. The molecule has 0 bridgehead atoms. The van der Waals surface area contributed by atoms with E-state index in [1.807, 2.05) is 0 Å². The van der Waals surface area contributed by atoms with Crippen LogP contribution in [0.25, 0.3) is 0 Å². The number of rotatable bonds is 3. The first-order valence-electron chi connectivity index (χ1n) is 5.09. The third kappa shape index (κ3) is 1.60. The molecule has 2 atom stereocenters. The molecule has 1 fully saturated rings. The lowest BCUT2D eigenvalue weighted by molar-refractivity contribution is -0.0142. The standard InChI is InChI=1S/C11H22/c1-5-6-7-10-8-9(2)11(10,3)4/h9-10H,5-8H2,1-4H3. The smallest absolute Gasteiger partial charge is 0.0300 e. The van der Waals surface area contributed by atoms with E-state index in [1.165, 1.54) is 25.7 Å². The van der Waals surface area contributed by atoms with E-state index in [0.29, 0.717) is 5.41 Å². The molecule has 0 heterocycles. The lowest BCUT2D eigenvalue weighted by Crippen LogP contribution is -2.42. The van der Waals surface area contributed by atoms with Crippen LogP contribution >= 0.6 is 0 Å². The molecule has 0 aromatic carbocycles. The van der Waals surface area contributed by atoms with Crippen LogP contribution in [0.3, 0.4) is 0 Å². The highest BCUT2D eigenvalue weighted by Crippen LogP contribution is 2.52. The van der Waals surface area contributed by atoms with Gasteiger partial charge in [0.2, 0.25) is 0 Å². The van der Waals surface area contributed by atoms with Crippen molar-refractivity contribution in [2.24, 2.45) is 17.3 Å². The molecule has 0 aromatic rings. The van der Waals surface area contributed by atoms with Gasteiger partial charge in [0, 0.05) is 0 Å². The van der Waals surface area contributed by atoms with Crippen LogP contribution in [0.1, 0.15) is 53.4 Å². The fourth-order valence-corrected chi connectivity index (χ4v) is 2.22. The molecule has 1 rings (SSSR count). The fourth-order valence-electron chi connectivity index (χ4n) is 2.22. The van der Waals surface area contributed by atoms with Gasteiger partial charge in [0.1, 0.15) is 0 Å². The van der Waals surface area contributed by atoms with Gasteiger partial charge in [0.15, 0.2) is 0 Å². The summed E-state index contributed by atoms with van der Waals surface area (Å²) in [5, 5.41) is 0. The number of hydrogen-bond acceptors (Lipinski definition) is 0. The Hall–Kier alpha value is 0. The minimum Gasteiger partial charge on any atom is -0.0654 e. The Bertz CT molecular complexity index is 124. The van der Waals surface area contributed by atoms with Crippen LogP contribution in [0.15, 0.2) is 0 Å². The van der Waals surface area contributed by atoms with Crippen molar-refractivity contribution in [2.75, 3.05) is 0 Å². The van der Waals surface area contributed by atoms with Crippen LogP contribution < -0.4 is 0 Å². The molecule has 1 saturated carbocycles. The molecule has 0 nitrogen and oxygen atoms in total. The summed E-state index contributed by atoms with van der Waals surface area (Å²) in [7, 11) is 0. The first kappa shape index (κ1) is 9.09. The SMILES string of the molecule is CCCCC1CC(C)C1(C)C. The van der Waals surface area contributed by atoms with E-state index in [0.717, 1.165) is 11.8 Å². The Kier molecular flexibility index (Phi) is 2.61. The molecular weight excluding hydrogens is 132 g/mol. The molecular formula is C11H22. The molecule has 0 heteroatoms. The lowest BCUT2D eigenvalue weighted by atomic mass is 9.54. The van der Waals surface area contributed by atoms with Gasteiger partial charge < -0.3 is 0 Å². The maximum atomic E-state index is 2.43. The maximum absolute atomic E-state index is 2.43. The highest BCUT2D eigenvalue weighted by molar-refractivity contribution is 4.93. The summed E-state index contributed by atoms with van der Waals surface area (Å²) in [6.45, 7) is 9.54. The molecule has 0 aromatic heterocycles. The zero-order valence-corrected chi connectivity index (χ0v) is 8.48. The average Bonchev–Trinajstić information content (AvgIpc) is 1.97. The predicted molar refractivity (Wildman–Crippen MR) is 50.6 cm³/mol. The normalized spacial score (nSPS) is 34.9. The van der Waals surface area contributed by atoms with Crippen molar-refractivity contribution in [2.45, 2.75) is 53.4 Å². The molecule has 0 saturated heterocycles. The Morgan fingerprint density at radius 2 is 2.00 bits per heavy atom. The van der Waals surface area contributed by atoms with E-state index in [9.17, 15) is 0 Å². The Morgan fingerprint density at radius 1 is 1.36 bits per heavy atom. The van der Waals surface area contributed by atoms with Gasteiger partial charge in [-0.3, -0.25) is 0 Å². The third-order valence-corrected chi connectivity index (χ3v) is 3.87. The van der Waals surface area contributed by atoms with Crippen molar-refractivity contribution in [1.82, 2.24) is 0 Å². The summed E-state index contributed by atoms with van der Waals surface area (Å²) in [6, 6.07) is 0. The van der Waals surface area contributed by atoms with Gasteiger partial charge in [-0.05, 0) is 30.1 Å². The molecule has 11 heavy (non-hydrogen) atoms. The average molecular weight is 154 g/mol. The molecule has 2 unspecified atom stereocenters. The zero-order chi connectivity index (χ0) is 8.48. The van der Waals surface area contributed by atoms with E-state index in [-0.39, 0.29) is 0 Å². The van der Waals surface area contributed by atoms with Gasteiger partial charge in [-0.25, -0.2) is 0 Å². The topological polar surface area (TPSA) is 0 Å². The van der Waals surface area contributed by atoms with Gasteiger partial charge in [-0.2, -0.15) is 0 Å². The van der Waals surface area contributed by atoms with Gasteiger partial charge in [-0.1, -0.05) is 40.5 Å². The van der Waals surface area contributed by atoms with Crippen molar-refractivity contribution in [3.63, 3.8) is 0 Å². The highest BCUT2D eigenvalue weighted by Gasteiger charge is 2.44. The van der Waals surface area contributed by atoms with Crippen molar-refractivity contribution >= 4 is 0 Å². The van der Waals surface area contributed by atoms with Crippen LogP contribution in [0, 0.1) is 17.3 Å². The van der Waals surface area contributed by atoms with E-state index < -0.39 is 0 Å². The van der Waals surface area contributed by atoms with E-state index in [2.05, 4.69) is 27.7 Å². The van der Waals surface area contributed by atoms with Crippen LogP contribution in [0.5, 0.6) is 0 Å². The van der Waals surface area contributed by atoms with E-state index in [4.69, 9.17) is 0 Å². The minimum atomic E-state index is 0.648. The van der Waals surface area contributed by atoms with Gasteiger partial charge in [-0.15, -0.1) is 0 Å². The summed E-state index contributed by atoms with van der Waals surface area (Å²) in [4.78, 5) is 0. The predicted octanol–water partition coefficient (Wildman–Crippen LogP) is 3.86. The molecule has 1 aliphatic rings. The maximum Gasteiger partial charge on any atom is -0.0300 e. The van der Waals surface area contributed by atoms with Crippen molar-refractivity contribution in [3.8, 4) is 0 Å².